The summed E-state index contributed by atoms with van der Waals surface area (Å²) >= 11 is 12.3. The average molecular weight is 433 g/mol. The van der Waals surface area contributed by atoms with Crippen LogP contribution in [0.4, 0.5) is 16.3 Å². The maximum Gasteiger partial charge on any atom is 0.319 e. The maximum absolute atomic E-state index is 12.8. The Morgan fingerprint density at radius 3 is 2.79 bits per heavy atom. The first-order valence-corrected chi connectivity index (χ1v) is 10.3. The fraction of sp³-hybridized carbons (Fsp3) is 0.300. The van der Waals surface area contributed by atoms with Crippen LogP contribution in [0.25, 0.3) is 10.9 Å². The van der Waals surface area contributed by atoms with Gasteiger partial charge in [0.15, 0.2) is 5.82 Å². The molecule has 0 radical (unpaired) electrons. The summed E-state index contributed by atoms with van der Waals surface area (Å²) in [5.74, 6) is 0.393. The maximum atomic E-state index is 12.8. The number of nitrogens with one attached hydrogen (secondary N) is 4. The van der Waals surface area contributed by atoms with E-state index in [1.54, 1.807) is 18.2 Å². The molecule has 9 heteroatoms. The number of nitrogen functional groups attached to an aromatic ring is 1. The van der Waals surface area contributed by atoms with E-state index >= 15 is 0 Å². The first-order valence-electron chi connectivity index (χ1n) is 9.51. The molecule has 152 valence electrons. The number of urea groups is 1. The molecule has 2 heterocycles. The van der Waals surface area contributed by atoms with Crippen LogP contribution in [0.2, 0.25) is 10.0 Å². The molecule has 0 aliphatic carbocycles. The number of fused-ring (bicyclic) bond motifs is 1. The van der Waals surface area contributed by atoms with E-state index in [0.717, 1.165) is 42.3 Å². The minimum atomic E-state index is -0.310. The van der Waals surface area contributed by atoms with Gasteiger partial charge in [0.2, 0.25) is 0 Å². The molecule has 4 rings (SSSR count). The molecular formula is C20H22Cl2N6O. The summed E-state index contributed by atoms with van der Waals surface area (Å²) in [6.45, 7) is 0.919. The molecule has 1 aromatic heterocycles. The van der Waals surface area contributed by atoms with E-state index < -0.39 is 0 Å². The highest BCUT2D eigenvalue weighted by atomic mass is 35.5. The first kappa shape index (κ1) is 19.8. The van der Waals surface area contributed by atoms with Crippen molar-refractivity contribution >= 4 is 51.6 Å². The lowest BCUT2D eigenvalue weighted by molar-refractivity contribution is 0.240. The summed E-state index contributed by atoms with van der Waals surface area (Å²) < 4.78 is 0. The molecule has 1 fully saturated rings. The van der Waals surface area contributed by atoms with Gasteiger partial charge in [-0.1, -0.05) is 35.7 Å². The third kappa shape index (κ3) is 4.42. The van der Waals surface area contributed by atoms with Crippen molar-refractivity contribution in [3.63, 3.8) is 0 Å². The van der Waals surface area contributed by atoms with Crippen LogP contribution in [0.5, 0.6) is 0 Å². The number of carbonyl (C=O) groups is 1. The fourth-order valence-electron chi connectivity index (χ4n) is 3.71. The van der Waals surface area contributed by atoms with E-state index in [4.69, 9.17) is 28.9 Å². The summed E-state index contributed by atoms with van der Waals surface area (Å²) in [5, 5.41) is 18.0. The number of amides is 2. The van der Waals surface area contributed by atoms with Gasteiger partial charge in [-0.25, -0.2) is 4.79 Å². The van der Waals surface area contributed by atoms with Crippen molar-refractivity contribution < 1.29 is 4.79 Å². The van der Waals surface area contributed by atoms with Crippen molar-refractivity contribution in [2.45, 2.75) is 31.3 Å². The fourth-order valence-corrected chi connectivity index (χ4v) is 4.01. The Hall–Kier alpha value is -2.48. The molecule has 2 atom stereocenters. The minimum Gasteiger partial charge on any atom is -0.382 e. The van der Waals surface area contributed by atoms with Crippen LogP contribution < -0.4 is 21.7 Å². The molecule has 1 aliphatic heterocycles. The second-order valence-electron chi connectivity index (χ2n) is 7.18. The van der Waals surface area contributed by atoms with Gasteiger partial charge in [0.1, 0.15) is 0 Å². The van der Waals surface area contributed by atoms with Crippen LogP contribution in [0.3, 0.4) is 0 Å². The Bertz CT molecular complexity index is 1030. The monoisotopic (exact) mass is 432 g/mol. The number of nitrogens with two attached hydrogens (primary N) is 1. The predicted molar refractivity (Wildman–Crippen MR) is 118 cm³/mol. The van der Waals surface area contributed by atoms with Crippen molar-refractivity contribution in [2.75, 3.05) is 17.6 Å². The van der Waals surface area contributed by atoms with Crippen LogP contribution >= 0.6 is 23.2 Å². The summed E-state index contributed by atoms with van der Waals surface area (Å²) in [5.41, 5.74) is 8.21. The van der Waals surface area contributed by atoms with Crippen LogP contribution in [0, 0.1) is 0 Å². The molecule has 7 nitrogen and oxygen atoms in total. The number of H-pyrrole nitrogens is 1. The number of anilines is 2. The van der Waals surface area contributed by atoms with Gasteiger partial charge < -0.3 is 21.7 Å². The zero-order valence-corrected chi connectivity index (χ0v) is 17.1. The van der Waals surface area contributed by atoms with Crippen molar-refractivity contribution in [1.29, 1.82) is 0 Å². The van der Waals surface area contributed by atoms with Crippen molar-refractivity contribution in [3.8, 4) is 0 Å². The molecule has 0 unspecified atom stereocenters. The Morgan fingerprint density at radius 2 is 2.03 bits per heavy atom. The number of hydrogen-bond acceptors (Lipinski definition) is 4. The molecule has 29 heavy (non-hydrogen) atoms. The summed E-state index contributed by atoms with van der Waals surface area (Å²) in [6.07, 6.45) is 3.20. The van der Waals surface area contributed by atoms with E-state index in [2.05, 4.69) is 26.1 Å². The lowest BCUT2D eigenvalue weighted by Gasteiger charge is -2.32. The highest BCUT2D eigenvalue weighted by molar-refractivity contribution is 6.42. The minimum absolute atomic E-state index is 0.110. The molecule has 2 amide bonds. The molecule has 0 saturated carbocycles. The standard InChI is InChI=1S/C20H22Cl2N6O/c21-14-6-4-11(9-15(14)22)18(17-3-1-2-8-24-17)26-20(29)25-12-5-7-16-13(10-12)19(23)28-27-16/h4-7,9-10,17-18,24H,1-3,8H2,(H3,23,27,28)(H2,25,26,29)/t17-,18-/m0/s1. The number of aromatic amines is 1. The normalized spacial score (nSPS) is 17.8. The highest BCUT2D eigenvalue weighted by Crippen LogP contribution is 2.29. The van der Waals surface area contributed by atoms with Gasteiger partial charge in [0.25, 0.3) is 0 Å². The SMILES string of the molecule is Nc1n[nH]c2ccc(NC(=O)N[C@@H](c3ccc(Cl)c(Cl)c3)[C@@H]3CCCCN3)cc12. The number of benzene rings is 2. The molecule has 0 bridgehead atoms. The number of hydrogen-bond donors (Lipinski definition) is 5. The Kier molecular flexibility index (Phi) is 5.80. The third-order valence-corrected chi connectivity index (χ3v) is 5.93. The Balaban J connectivity index is 1.54. The van der Waals surface area contributed by atoms with Gasteiger partial charge in [0, 0.05) is 17.1 Å². The predicted octanol–water partition coefficient (Wildman–Crippen LogP) is 4.46. The second kappa shape index (κ2) is 8.49. The Morgan fingerprint density at radius 1 is 1.17 bits per heavy atom. The Labute approximate surface area is 178 Å². The van der Waals surface area contributed by atoms with Gasteiger partial charge in [-0.15, -0.1) is 0 Å². The quantitative estimate of drug-likeness (QED) is 0.419. The van der Waals surface area contributed by atoms with Crippen molar-refractivity contribution in [1.82, 2.24) is 20.8 Å². The largest absolute Gasteiger partial charge is 0.382 e. The van der Waals surface area contributed by atoms with Crippen LogP contribution in [-0.4, -0.2) is 28.8 Å². The molecule has 1 saturated heterocycles. The summed E-state index contributed by atoms with van der Waals surface area (Å²) in [7, 11) is 0. The van der Waals surface area contributed by atoms with Gasteiger partial charge in [-0.3, -0.25) is 5.10 Å². The molecule has 0 spiro atoms. The summed E-state index contributed by atoms with van der Waals surface area (Å²) in [6, 6.07) is 10.4. The lowest BCUT2D eigenvalue weighted by atomic mass is 9.92. The van der Waals surface area contributed by atoms with Crippen LogP contribution in [0.15, 0.2) is 36.4 Å². The van der Waals surface area contributed by atoms with Crippen LogP contribution in [0.1, 0.15) is 30.9 Å². The smallest absolute Gasteiger partial charge is 0.319 e. The number of aromatic nitrogens is 2. The number of piperidine rings is 1. The highest BCUT2D eigenvalue weighted by Gasteiger charge is 2.27. The average Bonchev–Trinajstić information content (AvgIpc) is 3.09. The van der Waals surface area contributed by atoms with Crippen molar-refractivity contribution in [3.05, 3.63) is 52.0 Å². The molecular weight excluding hydrogens is 411 g/mol. The van der Waals surface area contributed by atoms with Crippen LogP contribution in [-0.2, 0) is 0 Å². The number of rotatable bonds is 4. The van der Waals surface area contributed by atoms with E-state index in [9.17, 15) is 4.79 Å². The number of halogens is 2. The van der Waals surface area contributed by atoms with Gasteiger partial charge >= 0.3 is 6.03 Å². The summed E-state index contributed by atoms with van der Waals surface area (Å²) in [4.78, 5) is 12.8. The topological polar surface area (TPSA) is 108 Å². The lowest BCUT2D eigenvalue weighted by Crippen LogP contribution is -2.47. The number of carbonyl (C=O) groups excluding carboxylic acids is 1. The molecule has 2 aromatic carbocycles. The van der Waals surface area contributed by atoms with Gasteiger partial charge in [-0.05, 0) is 55.3 Å². The molecule has 3 aromatic rings. The van der Waals surface area contributed by atoms with Gasteiger partial charge in [-0.2, -0.15) is 5.10 Å². The van der Waals surface area contributed by atoms with E-state index in [0.29, 0.717) is 21.6 Å². The first-order chi connectivity index (χ1) is 14.0. The zero-order valence-electron chi connectivity index (χ0n) is 15.6. The second-order valence-corrected chi connectivity index (χ2v) is 7.99. The molecule has 1 aliphatic rings. The number of nitrogens with zero attached hydrogens (tertiary/aromatic N) is 1. The zero-order chi connectivity index (χ0) is 20.4. The third-order valence-electron chi connectivity index (χ3n) is 5.19. The van der Waals surface area contributed by atoms with Gasteiger partial charge in [0.05, 0.1) is 21.6 Å². The van der Waals surface area contributed by atoms with E-state index in [1.165, 1.54) is 0 Å². The van der Waals surface area contributed by atoms with Crippen molar-refractivity contribution in [2.24, 2.45) is 0 Å². The molecule has 6 N–H and O–H groups in total. The van der Waals surface area contributed by atoms with E-state index in [1.807, 2.05) is 18.2 Å². The van der Waals surface area contributed by atoms with E-state index in [-0.39, 0.29) is 18.1 Å².